The van der Waals surface area contributed by atoms with Crippen LogP contribution in [0.4, 0.5) is 14.5 Å². The van der Waals surface area contributed by atoms with E-state index in [4.69, 9.17) is 0 Å². The number of benzene rings is 2. The van der Waals surface area contributed by atoms with Crippen LogP contribution >= 0.6 is 11.8 Å². The van der Waals surface area contributed by atoms with Gasteiger partial charge in [-0.15, -0.1) is 0 Å². The summed E-state index contributed by atoms with van der Waals surface area (Å²) in [6.45, 7) is 0.189. The number of imidazole rings is 1. The first-order chi connectivity index (χ1) is 13.0. The maximum atomic E-state index is 13.2. The summed E-state index contributed by atoms with van der Waals surface area (Å²) in [5.74, 6) is -0.979. The number of aromatic nitrogens is 2. The highest BCUT2D eigenvalue weighted by atomic mass is 32.2. The zero-order valence-electron chi connectivity index (χ0n) is 14.2. The molecule has 0 spiro atoms. The number of amides is 1. The molecular weight excluding hydrogens is 372 g/mol. The standard InChI is InChI=1S/C19H17F2N3O2S/c20-14-6-4-13(5-7-14)10-24-17(11-25)9-22-19(24)27-12-18(26)23-16-3-1-2-15(21)8-16/h1-9,25H,10-12H2,(H,23,26). The lowest BCUT2D eigenvalue weighted by atomic mass is 10.2. The molecule has 0 unspecified atom stereocenters. The summed E-state index contributed by atoms with van der Waals surface area (Å²) in [5.41, 5.74) is 1.81. The summed E-state index contributed by atoms with van der Waals surface area (Å²) >= 11 is 1.20. The third kappa shape index (κ3) is 5.15. The molecule has 3 aromatic rings. The van der Waals surface area contributed by atoms with E-state index in [0.29, 0.717) is 23.1 Å². The number of halogens is 2. The minimum Gasteiger partial charge on any atom is -0.390 e. The maximum Gasteiger partial charge on any atom is 0.234 e. The smallest absolute Gasteiger partial charge is 0.234 e. The number of nitrogens with zero attached hydrogens (tertiary/aromatic N) is 2. The Kier molecular flexibility index (Phi) is 6.20. The summed E-state index contributed by atoms with van der Waals surface area (Å²) in [6, 6.07) is 11.7. The third-order valence-corrected chi connectivity index (χ3v) is 4.75. The summed E-state index contributed by atoms with van der Waals surface area (Å²) in [6.07, 6.45) is 1.54. The molecule has 1 heterocycles. The van der Waals surface area contributed by atoms with E-state index in [1.165, 1.54) is 48.3 Å². The molecule has 3 rings (SSSR count). The lowest BCUT2D eigenvalue weighted by Gasteiger charge is -2.11. The molecule has 1 amide bonds. The van der Waals surface area contributed by atoms with Gasteiger partial charge in [-0.3, -0.25) is 4.79 Å². The zero-order chi connectivity index (χ0) is 19.2. The number of nitrogens with one attached hydrogen (secondary N) is 1. The van der Waals surface area contributed by atoms with Gasteiger partial charge in [0, 0.05) is 12.2 Å². The molecule has 140 valence electrons. The lowest BCUT2D eigenvalue weighted by Crippen LogP contribution is -2.15. The number of carbonyl (C=O) groups excluding carboxylic acids is 1. The van der Waals surface area contributed by atoms with Crippen molar-refractivity contribution in [3.63, 3.8) is 0 Å². The number of aliphatic hydroxyl groups excluding tert-OH is 1. The first-order valence-corrected chi connectivity index (χ1v) is 9.11. The summed E-state index contributed by atoms with van der Waals surface area (Å²) < 4.78 is 28.0. The van der Waals surface area contributed by atoms with E-state index >= 15 is 0 Å². The molecule has 0 aliphatic carbocycles. The van der Waals surface area contributed by atoms with Crippen molar-refractivity contribution in [2.75, 3.05) is 11.1 Å². The molecule has 2 aromatic carbocycles. The van der Waals surface area contributed by atoms with Gasteiger partial charge in [0.15, 0.2) is 5.16 Å². The van der Waals surface area contributed by atoms with Gasteiger partial charge in [0.25, 0.3) is 0 Å². The van der Waals surface area contributed by atoms with Gasteiger partial charge in [0.2, 0.25) is 5.91 Å². The predicted molar refractivity (Wildman–Crippen MR) is 99.4 cm³/mol. The number of carbonyl (C=O) groups is 1. The molecule has 0 saturated heterocycles. The van der Waals surface area contributed by atoms with E-state index in [1.807, 2.05) is 0 Å². The van der Waals surface area contributed by atoms with Gasteiger partial charge in [0.1, 0.15) is 11.6 Å². The van der Waals surface area contributed by atoms with Crippen molar-refractivity contribution in [2.24, 2.45) is 0 Å². The molecule has 0 fully saturated rings. The second-order valence-electron chi connectivity index (χ2n) is 5.75. The Bertz CT molecular complexity index is 929. The Labute approximate surface area is 159 Å². The molecule has 0 radical (unpaired) electrons. The number of thioether (sulfide) groups is 1. The quantitative estimate of drug-likeness (QED) is 0.608. The molecule has 0 atom stereocenters. The molecular formula is C19H17F2N3O2S. The van der Waals surface area contributed by atoms with E-state index < -0.39 is 5.82 Å². The van der Waals surface area contributed by atoms with Crippen molar-refractivity contribution in [2.45, 2.75) is 18.3 Å². The van der Waals surface area contributed by atoms with E-state index in [-0.39, 0.29) is 24.1 Å². The Hall–Kier alpha value is -2.71. The second-order valence-corrected chi connectivity index (χ2v) is 6.69. The van der Waals surface area contributed by atoms with E-state index in [0.717, 1.165) is 5.56 Å². The average molecular weight is 389 g/mol. The number of rotatable bonds is 7. The van der Waals surface area contributed by atoms with Gasteiger partial charge in [-0.25, -0.2) is 13.8 Å². The Balaban J connectivity index is 1.66. The highest BCUT2D eigenvalue weighted by molar-refractivity contribution is 7.99. The van der Waals surface area contributed by atoms with Crippen molar-refractivity contribution in [1.82, 2.24) is 9.55 Å². The van der Waals surface area contributed by atoms with Crippen molar-refractivity contribution in [1.29, 1.82) is 0 Å². The van der Waals surface area contributed by atoms with Crippen LogP contribution in [0.25, 0.3) is 0 Å². The van der Waals surface area contributed by atoms with Crippen molar-refractivity contribution in [3.8, 4) is 0 Å². The maximum absolute atomic E-state index is 13.2. The summed E-state index contributed by atoms with van der Waals surface area (Å²) in [7, 11) is 0. The predicted octanol–water partition coefficient (Wildman–Crippen LogP) is 3.43. The van der Waals surface area contributed by atoms with Crippen molar-refractivity contribution >= 4 is 23.4 Å². The first-order valence-electron chi connectivity index (χ1n) is 8.13. The SMILES string of the molecule is O=C(CSc1ncc(CO)n1Cc1ccc(F)cc1)Nc1cccc(F)c1. The monoisotopic (exact) mass is 389 g/mol. The van der Waals surface area contributed by atoms with Gasteiger partial charge >= 0.3 is 0 Å². The van der Waals surface area contributed by atoms with Crippen LogP contribution in [0.1, 0.15) is 11.3 Å². The molecule has 2 N–H and O–H groups in total. The highest BCUT2D eigenvalue weighted by Gasteiger charge is 2.13. The van der Waals surface area contributed by atoms with Crippen LogP contribution in [0.3, 0.4) is 0 Å². The van der Waals surface area contributed by atoms with E-state index in [2.05, 4.69) is 10.3 Å². The molecule has 0 saturated carbocycles. The Morgan fingerprint density at radius 3 is 2.63 bits per heavy atom. The van der Waals surface area contributed by atoms with Crippen LogP contribution in [-0.2, 0) is 17.9 Å². The van der Waals surface area contributed by atoms with Crippen LogP contribution in [-0.4, -0.2) is 26.3 Å². The molecule has 0 aliphatic rings. The van der Waals surface area contributed by atoms with Crippen LogP contribution < -0.4 is 5.32 Å². The fraction of sp³-hybridized carbons (Fsp3) is 0.158. The molecule has 0 aliphatic heterocycles. The molecule has 5 nitrogen and oxygen atoms in total. The van der Waals surface area contributed by atoms with Crippen LogP contribution in [0.2, 0.25) is 0 Å². The van der Waals surface area contributed by atoms with Crippen molar-refractivity contribution < 1.29 is 18.7 Å². The minimum absolute atomic E-state index is 0.0712. The molecule has 8 heteroatoms. The van der Waals surface area contributed by atoms with Gasteiger partial charge < -0.3 is 15.0 Å². The normalized spacial score (nSPS) is 10.8. The van der Waals surface area contributed by atoms with Gasteiger partial charge in [-0.1, -0.05) is 30.0 Å². The minimum atomic E-state index is -0.428. The number of hydrogen-bond donors (Lipinski definition) is 2. The third-order valence-electron chi connectivity index (χ3n) is 3.76. The largest absolute Gasteiger partial charge is 0.390 e. The van der Waals surface area contributed by atoms with Crippen LogP contribution in [0.15, 0.2) is 59.9 Å². The Morgan fingerprint density at radius 1 is 1.15 bits per heavy atom. The second kappa shape index (κ2) is 8.79. The summed E-state index contributed by atoms with van der Waals surface area (Å²) in [4.78, 5) is 16.3. The van der Waals surface area contributed by atoms with Crippen molar-refractivity contribution in [3.05, 3.63) is 77.6 Å². The van der Waals surface area contributed by atoms with E-state index in [9.17, 15) is 18.7 Å². The number of anilines is 1. The van der Waals surface area contributed by atoms with Gasteiger partial charge in [-0.2, -0.15) is 0 Å². The van der Waals surface area contributed by atoms with Gasteiger partial charge in [-0.05, 0) is 35.9 Å². The molecule has 0 bridgehead atoms. The van der Waals surface area contributed by atoms with Crippen LogP contribution in [0.5, 0.6) is 0 Å². The highest BCUT2D eigenvalue weighted by Crippen LogP contribution is 2.21. The van der Waals surface area contributed by atoms with Gasteiger partial charge in [0.05, 0.1) is 24.3 Å². The van der Waals surface area contributed by atoms with Crippen LogP contribution in [0, 0.1) is 11.6 Å². The zero-order valence-corrected chi connectivity index (χ0v) is 15.0. The molecule has 27 heavy (non-hydrogen) atoms. The number of aliphatic hydroxyl groups is 1. The fourth-order valence-electron chi connectivity index (χ4n) is 2.47. The molecule has 1 aromatic heterocycles. The first kappa shape index (κ1) is 19.1. The van der Waals surface area contributed by atoms with E-state index in [1.54, 1.807) is 22.8 Å². The summed E-state index contributed by atoms with van der Waals surface area (Å²) in [5, 5.41) is 12.7. The topological polar surface area (TPSA) is 67.1 Å². The Morgan fingerprint density at radius 2 is 1.93 bits per heavy atom. The average Bonchev–Trinajstić information content (AvgIpc) is 3.03. The fourth-order valence-corrected chi connectivity index (χ4v) is 3.27. The lowest BCUT2D eigenvalue weighted by molar-refractivity contribution is -0.113. The number of hydrogen-bond acceptors (Lipinski definition) is 4.